The lowest BCUT2D eigenvalue weighted by atomic mass is 10.2. The largest absolute Gasteiger partial charge is 0.489 e. The van der Waals surface area contributed by atoms with Crippen LogP contribution in [0.2, 0.25) is 0 Å². The third-order valence-corrected chi connectivity index (χ3v) is 4.44. The van der Waals surface area contributed by atoms with Gasteiger partial charge < -0.3 is 10.1 Å². The van der Waals surface area contributed by atoms with Crippen LogP contribution < -0.4 is 15.6 Å². The van der Waals surface area contributed by atoms with E-state index in [1.54, 1.807) is 37.4 Å². The first kappa shape index (κ1) is 19.3. The van der Waals surface area contributed by atoms with Gasteiger partial charge in [-0.25, -0.2) is 9.37 Å². The monoisotopic (exact) mass is 407 g/mol. The van der Waals surface area contributed by atoms with Gasteiger partial charge in [0.1, 0.15) is 36.4 Å². The number of hydrogen-bond acceptors (Lipinski definition) is 5. The number of ether oxygens (including phenoxy) is 1. The van der Waals surface area contributed by atoms with Crippen molar-refractivity contribution < 1.29 is 13.9 Å². The molecule has 0 unspecified atom stereocenters. The Bertz CT molecular complexity index is 1280. The fourth-order valence-electron chi connectivity index (χ4n) is 3.00. The lowest BCUT2D eigenvalue weighted by Crippen LogP contribution is -2.27. The van der Waals surface area contributed by atoms with Crippen LogP contribution in [0.4, 0.5) is 10.1 Å². The molecule has 0 saturated carbocycles. The SMILES string of the molecule is Cn1ncc2c(=O)n(CC(=O)Nc3cccc(COc4cccc(F)c4)c3)cnc21. The first-order chi connectivity index (χ1) is 14.5. The minimum Gasteiger partial charge on any atom is -0.489 e. The van der Waals surface area contributed by atoms with E-state index in [2.05, 4.69) is 15.4 Å². The highest BCUT2D eigenvalue weighted by atomic mass is 19.1. The summed E-state index contributed by atoms with van der Waals surface area (Å²) in [6.07, 6.45) is 2.76. The Labute approximate surface area is 170 Å². The Morgan fingerprint density at radius 2 is 2.03 bits per heavy atom. The number of nitrogens with zero attached hydrogens (tertiary/aromatic N) is 4. The second kappa shape index (κ2) is 8.16. The number of fused-ring (bicyclic) bond motifs is 1. The number of carbonyl (C=O) groups is 1. The Morgan fingerprint density at radius 3 is 2.87 bits per heavy atom. The van der Waals surface area contributed by atoms with Crippen molar-refractivity contribution in [2.75, 3.05) is 5.32 Å². The molecule has 2 heterocycles. The van der Waals surface area contributed by atoms with Crippen molar-refractivity contribution in [1.82, 2.24) is 19.3 Å². The van der Waals surface area contributed by atoms with E-state index in [1.165, 1.54) is 33.9 Å². The lowest BCUT2D eigenvalue weighted by molar-refractivity contribution is -0.116. The van der Waals surface area contributed by atoms with Gasteiger partial charge in [-0.05, 0) is 29.8 Å². The van der Waals surface area contributed by atoms with Crippen molar-refractivity contribution in [3.05, 3.63) is 82.8 Å². The summed E-state index contributed by atoms with van der Waals surface area (Å²) in [5.41, 5.74) is 1.49. The molecule has 0 aliphatic heterocycles. The van der Waals surface area contributed by atoms with Gasteiger partial charge in [-0.1, -0.05) is 18.2 Å². The van der Waals surface area contributed by atoms with Crippen molar-refractivity contribution >= 4 is 22.6 Å². The van der Waals surface area contributed by atoms with Crippen molar-refractivity contribution in [2.24, 2.45) is 7.05 Å². The normalized spacial score (nSPS) is 10.9. The fraction of sp³-hybridized carbons (Fsp3) is 0.143. The first-order valence-electron chi connectivity index (χ1n) is 9.14. The fourth-order valence-corrected chi connectivity index (χ4v) is 3.00. The molecule has 152 valence electrons. The highest BCUT2D eigenvalue weighted by molar-refractivity contribution is 5.90. The van der Waals surface area contributed by atoms with E-state index >= 15 is 0 Å². The molecule has 0 radical (unpaired) electrons. The molecule has 0 aliphatic carbocycles. The molecule has 4 rings (SSSR count). The van der Waals surface area contributed by atoms with E-state index in [4.69, 9.17) is 4.74 Å². The zero-order valence-corrected chi connectivity index (χ0v) is 16.1. The minimum absolute atomic E-state index is 0.180. The van der Waals surface area contributed by atoms with Crippen LogP contribution in [0.1, 0.15) is 5.56 Å². The van der Waals surface area contributed by atoms with E-state index < -0.39 is 0 Å². The third kappa shape index (κ3) is 4.19. The molecule has 0 spiro atoms. The summed E-state index contributed by atoms with van der Waals surface area (Å²) in [4.78, 5) is 29.1. The molecule has 9 heteroatoms. The predicted octanol–water partition coefficient (Wildman–Crippen LogP) is 2.49. The highest BCUT2D eigenvalue weighted by Gasteiger charge is 2.11. The second-order valence-electron chi connectivity index (χ2n) is 6.68. The number of rotatable bonds is 6. The first-order valence-corrected chi connectivity index (χ1v) is 9.14. The van der Waals surface area contributed by atoms with Gasteiger partial charge in [0, 0.05) is 18.8 Å². The molecule has 0 bridgehead atoms. The maximum atomic E-state index is 13.2. The number of carbonyl (C=O) groups excluding carboxylic acids is 1. The van der Waals surface area contributed by atoms with Gasteiger partial charge in [0.15, 0.2) is 5.65 Å². The van der Waals surface area contributed by atoms with Gasteiger partial charge in [-0.15, -0.1) is 0 Å². The van der Waals surface area contributed by atoms with Crippen LogP contribution in [0.15, 0.2) is 65.8 Å². The summed E-state index contributed by atoms with van der Waals surface area (Å²) >= 11 is 0. The van der Waals surface area contributed by atoms with Crippen LogP contribution in [0.5, 0.6) is 5.75 Å². The highest BCUT2D eigenvalue weighted by Crippen LogP contribution is 2.16. The zero-order valence-electron chi connectivity index (χ0n) is 16.1. The van der Waals surface area contributed by atoms with Crippen LogP contribution >= 0.6 is 0 Å². The molecule has 0 fully saturated rings. The lowest BCUT2D eigenvalue weighted by Gasteiger charge is -2.10. The molecule has 2 aromatic carbocycles. The van der Waals surface area contributed by atoms with Gasteiger partial charge in [0.05, 0.1) is 6.20 Å². The van der Waals surface area contributed by atoms with Crippen molar-refractivity contribution in [3.8, 4) is 5.75 Å². The molecule has 0 saturated heterocycles. The summed E-state index contributed by atoms with van der Waals surface area (Å²) in [6.45, 7) is 0.0366. The van der Waals surface area contributed by atoms with E-state index in [9.17, 15) is 14.0 Å². The van der Waals surface area contributed by atoms with Crippen LogP contribution in [-0.4, -0.2) is 25.2 Å². The summed E-state index contributed by atoms with van der Waals surface area (Å²) < 4.78 is 21.5. The summed E-state index contributed by atoms with van der Waals surface area (Å²) in [5.74, 6) is -0.324. The maximum Gasteiger partial charge on any atom is 0.264 e. The molecule has 0 atom stereocenters. The van der Waals surface area contributed by atoms with Crippen LogP contribution in [0.25, 0.3) is 11.0 Å². The van der Waals surface area contributed by atoms with E-state index in [0.717, 1.165) is 5.56 Å². The molecular formula is C21H18FN5O3. The Morgan fingerprint density at radius 1 is 1.20 bits per heavy atom. The van der Waals surface area contributed by atoms with E-state index in [1.807, 2.05) is 6.07 Å². The number of benzene rings is 2. The van der Waals surface area contributed by atoms with Crippen LogP contribution in [0.3, 0.4) is 0 Å². The molecule has 4 aromatic rings. The van der Waals surface area contributed by atoms with Crippen LogP contribution in [0, 0.1) is 5.82 Å². The number of hydrogen-bond donors (Lipinski definition) is 1. The predicted molar refractivity (Wildman–Crippen MR) is 109 cm³/mol. The number of aryl methyl sites for hydroxylation is 1. The molecule has 8 nitrogen and oxygen atoms in total. The molecule has 30 heavy (non-hydrogen) atoms. The molecule has 1 N–H and O–H groups in total. The van der Waals surface area contributed by atoms with Gasteiger partial charge in [-0.3, -0.25) is 18.8 Å². The molecule has 1 amide bonds. The van der Waals surface area contributed by atoms with Gasteiger partial charge in [-0.2, -0.15) is 5.10 Å². The van der Waals surface area contributed by atoms with Gasteiger partial charge in [0.2, 0.25) is 5.91 Å². The molecule has 2 aromatic heterocycles. The summed E-state index contributed by atoms with van der Waals surface area (Å²) in [7, 11) is 1.69. The zero-order chi connectivity index (χ0) is 21.1. The van der Waals surface area contributed by atoms with Crippen molar-refractivity contribution in [2.45, 2.75) is 13.2 Å². The average molecular weight is 407 g/mol. The molecule has 0 aliphatic rings. The van der Waals surface area contributed by atoms with Crippen LogP contribution in [-0.2, 0) is 25.0 Å². The maximum absolute atomic E-state index is 13.2. The smallest absolute Gasteiger partial charge is 0.264 e. The Hall–Kier alpha value is -4.01. The second-order valence-corrected chi connectivity index (χ2v) is 6.68. The minimum atomic E-state index is -0.372. The number of anilines is 1. The number of aromatic nitrogens is 4. The Balaban J connectivity index is 1.42. The Kier molecular flexibility index (Phi) is 5.25. The number of amides is 1. The molecular weight excluding hydrogens is 389 g/mol. The van der Waals surface area contributed by atoms with Crippen molar-refractivity contribution in [1.29, 1.82) is 0 Å². The quantitative estimate of drug-likeness (QED) is 0.530. The topological polar surface area (TPSA) is 91.0 Å². The standard InChI is InChI=1S/C21H18FN5O3/c1-26-20-18(10-24-26)21(29)27(13-23-20)11-19(28)25-16-6-2-4-14(8-16)12-30-17-7-3-5-15(22)9-17/h2-10,13H,11-12H2,1H3,(H,25,28). The van der Waals surface area contributed by atoms with Gasteiger partial charge in [0.25, 0.3) is 5.56 Å². The van der Waals surface area contributed by atoms with E-state index in [0.29, 0.717) is 22.5 Å². The average Bonchev–Trinajstić information content (AvgIpc) is 3.10. The summed E-state index contributed by atoms with van der Waals surface area (Å²) in [5, 5.41) is 7.11. The number of halogens is 1. The number of nitrogens with one attached hydrogen (secondary N) is 1. The van der Waals surface area contributed by atoms with E-state index in [-0.39, 0.29) is 30.4 Å². The third-order valence-electron chi connectivity index (χ3n) is 4.44. The van der Waals surface area contributed by atoms with Crippen molar-refractivity contribution in [3.63, 3.8) is 0 Å². The van der Waals surface area contributed by atoms with Gasteiger partial charge >= 0.3 is 0 Å². The summed E-state index contributed by atoms with van der Waals surface area (Å²) in [6, 6.07) is 13.0.